The molecule has 0 aromatic heterocycles. The van der Waals surface area contributed by atoms with E-state index in [-0.39, 0.29) is 29.5 Å². The van der Waals surface area contributed by atoms with Crippen LogP contribution in [-0.2, 0) is 23.7 Å². The smallest absolute Gasteiger partial charge is 0.407 e. The SMILES string of the molecule is C=C=C(C)OOCCNC(=O)OCCOCCC[SiH2]OC. The molecule has 21 heavy (non-hydrogen) atoms. The molecule has 0 bridgehead atoms. The number of amides is 1. The average molecular weight is 319 g/mol. The molecule has 0 saturated heterocycles. The van der Waals surface area contributed by atoms with E-state index < -0.39 is 6.09 Å². The summed E-state index contributed by atoms with van der Waals surface area (Å²) in [6, 6.07) is 1.10. The van der Waals surface area contributed by atoms with Gasteiger partial charge in [-0.3, -0.25) is 0 Å². The van der Waals surface area contributed by atoms with Gasteiger partial charge >= 0.3 is 6.09 Å². The fraction of sp³-hybridized carbons (Fsp3) is 0.692. The molecule has 0 aliphatic rings. The Morgan fingerprint density at radius 3 is 2.81 bits per heavy atom. The first-order valence-corrected chi connectivity index (χ1v) is 8.42. The fourth-order valence-corrected chi connectivity index (χ4v) is 1.85. The van der Waals surface area contributed by atoms with Gasteiger partial charge in [-0.1, -0.05) is 12.3 Å². The van der Waals surface area contributed by atoms with Gasteiger partial charge < -0.3 is 24.1 Å². The lowest BCUT2D eigenvalue weighted by Crippen LogP contribution is -2.29. The van der Waals surface area contributed by atoms with Crippen LogP contribution in [0.15, 0.2) is 18.1 Å². The molecule has 1 N–H and O–H groups in total. The number of alkyl carbamates (subject to hydrolysis) is 1. The molecule has 0 spiro atoms. The minimum Gasteiger partial charge on any atom is -0.447 e. The van der Waals surface area contributed by atoms with Crippen LogP contribution in [0.2, 0.25) is 6.04 Å². The van der Waals surface area contributed by atoms with E-state index in [4.69, 9.17) is 23.7 Å². The Bertz CT molecular complexity index is 320. The highest BCUT2D eigenvalue weighted by atomic mass is 28.2. The van der Waals surface area contributed by atoms with Crippen molar-refractivity contribution in [1.82, 2.24) is 5.32 Å². The number of hydrogen-bond acceptors (Lipinski definition) is 6. The van der Waals surface area contributed by atoms with Crippen LogP contribution in [-0.4, -0.2) is 55.9 Å². The second-order valence-electron chi connectivity index (χ2n) is 4.01. The summed E-state index contributed by atoms with van der Waals surface area (Å²) in [5.74, 6) is 0.433. The number of nitrogens with one attached hydrogen (secondary N) is 1. The van der Waals surface area contributed by atoms with Crippen LogP contribution in [0.25, 0.3) is 0 Å². The van der Waals surface area contributed by atoms with Crippen molar-refractivity contribution in [3.05, 3.63) is 18.1 Å². The molecule has 0 atom stereocenters. The molecule has 1 amide bonds. The minimum absolute atomic E-state index is 0.202. The Morgan fingerprint density at radius 1 is 1.29 bits per heavy atom. The lowest BCUT2D eigenvalue weighted by Gasteiger charge is -2.08. The van der Waals surface area contributed by atoms with E-state index >= 15 is 0 Å². The molecule has 0 unspecified atom stereocenters. The number of ether oxygens (including phenoxy) is 2. The minimum atomic E-state index is -0.509. The Morgan fingerprint density at radius 2 is 2.10 bits per heavy atom. The van der Waals surface area contributed by atoms with Crippen molar-refractivity contribution < 1.29 is 28.5 Å². The molecule has 8 heteroatoms. The number of carbonyl (C=O) groups is 1. The van der Waals surface area contributed by atoms with Gasteiger partial charge in [0, 0.05) is 27.2 Å². The zero-order valence-electron chi connectivity index (χ0n) is 12.8. The van der Waals surface area contributed by atoms with E-state index in [0.29, 0.717) is 19.0 Å². The zero-order chi connectivity index (χ0) is 15.8. The summed E-state index contributed by atoms with van der Waals surface area (Å²) >= 11 is 0. The molecular formula is C13H25NO6Si. The lowest BCUT2D eigenvalue weighted by atomic mass is 10.5. The summed E-state index contributed by atoms with van der Waals surface area (Å²) < 4.78 is 15.3. The van der Waals surface area contributed by atoms with Gasteiger partial charge in [0.25, 0.3) is 0 Å². The van der Waals surface area contributed by atoms with E-state index in [9.17, 15) is 4.79 Å². The van der Waals surface area contributed by atoms with Crippen LogP contribution in [0.3, 0.4) is 0 Å². The van der Waals surface area contributed by atoms with Gasteiger partial charge in [0.2, 0.25) is 0 Å². The topological polar surface area (TPSA) is 75.3 Å². The van der Waals surface area contributed by atoms with E-state index in [1.807, 2.05) is 0 Å². The van der Waals surface area contributed by atoms with Crippen molar-refractivity contribution in [1.29, 1.82) is 0 Å². The highest BCUT2D eigenvalue weighted by Gasteiger charge is 2.01. The molecule has 0 aliphatic heterocycles. The highest BCUT2D eigenvalue weighted by Crippen LogP contribution is 1.92. The van der Waals surface area contributed by atoms with E-state index in [1.165, 1.54) is 0 Å². The first-order valence-electron chi connectivity index (χ1n) is 6.84. The van der Waals surface area contributed by atoms with Crippen molar-refractivity contribution in [2.45, 2.75) is 19.4 Å². The van der Waals surface area contributed by atoms with E-state index in [2.05, 4.69) is 17.6 Å². The maximum Gasteiger partial charge on any atom is 0.407 e. The van der Waals surface area contributed by atoms with Crippen LogP contribution < -0.4 is 5.32 Å². The van der Waals surface area contributed by atoms with Crippen molar-refractivity contribution >= 4 is 15.9 Å². The standard InChI is InChI=1S/C13H25NO6Si/c1-4-12(2)20-19-8-6-14-13(15)18-10-9-17-7-5-11-21-16-3/h1,5-11,21H2,2-3H3,(H,14,15). The number of rotatable bonds is 13. The highest BCUT2D eigenvalue weighted by molar-refractivity contribution is 6.26. The van der Waals surface area contributed by atoms with Crippen LogP contribution in [0, 0.1) is 0 Å². The van der Waals surface area contributed by atoms with Crippen molar-refractivity contribution in [2.75, 3.05) is 40.1 Å². The molecule has 0 radical (unpaired) electrons. The van der Waals surface area contributed by atoms with Crippen LogP contribution >= 0.6 is 0 Å². The predicted octanol–water partition coefficient (Wildman–Crippen LogP) is 0.905. The predicted molar refractivity (Wildman–Crippen MR) is 80.5 cm³/mol. The molecule has 0 aromatic rings. The average Bonchev–Trinajstić information content (AvgIpc) is 2.49. The van der Waals surface area contributed by atoms with Crippen LogP contribution in [0.1, 0.15) is 13.3 Å². The quantitative estimate of drug-likeness (QED) is 0.136. The molecule has 0 fully saturated rings. The molecule has 0 aromatic carbocycles. The molecule has 0 rings (SSSR count). The Balaban J connectivity index is 3.25. The summed E-state index contributed by atoms with van der Waals surface area (Å²) in [6.07, 6.45) is 0.479. The Labute approximate surface area is 128 Å². The monoisotopic (exact) mass is 319 g/mol. The number of hydrogen-bond donors (Lipinski definition) is 1. The second-order valence-corrected chi connectivity index (χ2v) is 5.71. The third-order valence-corrected chi connectivity index (χ3v) is 3.43. The normalized spacial score (nSPS) is 10.4. The van der Waals surface area contributed by atoms with Crippen molar-refractivity contribution in [2.24, 2.45) is 0 Å². The van der Waals surface area contributed by atoms with Gasteiger partial charge in [0.1, 0.15) is 13.2 Å². The lowest BCUT2D eigenvalue weighted by molar-refractivity contribution is -0.259. The van der Waals surface area contributed by atoms with Crippen LogP contribution in [0.4, 0.5) is 4.79 Å². The van der Waals surface area contributed by atoms with Gasteiger partial charge in [-0.15, -0.1) is 0 Å². The van der Waals surface area contributed by atoms with E-state index in [0.717, 1.165) is 12.5 Å². The third-order valence-electron chi connectivity index (χ3n) is 2.24. The van der Waals surface area contributed by atoms with Gasteiger partial charge in [-0.25, -0.2) is 4.79 Å². The molecule has 0 heterocycles. The number of allylic oxidation sites excluding steroid dienone is 1. The summed E-state index contributed by atoms with van der Waals surface area (Å²) in [6.45, 7) is 6.82. The van der Waals surface area contributed by atoms with Crippen molar-refractivity contribution in [3.63, 3.8) is 0 Å². The van der Waals surface area contributed by atoms with Gasteiger partial charge in [0.15, 0.2) is 15.5 Å². The molecule has 122 valence electrons. The Kier molecular flexibility index (Phi) is 14.1. The fourth-order valence-electron chi connectivity index (χ4n) is 1.15. The van der Waals surface area contributed by atoms with E-state index in [1.54, 1.807) is 14.0 Å². The molecular weight excluding hydrogens is 294 g/mol. The van der Waals surface area contributed by atoms with Gasteiger partial charge in [-0.05, 0) is 12.5 Å². The van der Waals surface area contributed by atoms with Crippen LogP contribution in [0.5, 0.6) is 0 Å². The van der Waals surface area contributed by atoms with Gasteiger partial charge in [-0.2, -0.15) is 4.89 Å². The first kappa shape index (κ1) is 19.7. The molecule has 0 saturated carbocycles. The van der Waals surface area contributed by atoms with Crippen molar-refractivity contribution in [3.8, 4) is 0 Å². The number of carbonyl (C=O) groups excluding carboxylic acids is 1. The Hall–Kier alpha value is -1.31. The first-order chi connectivity index (χ1) is 10.2. The summed E-state index contributed by atoms with van der Waals surface area (Å²) in [4.78, 5) is 20.8. The largest absolute Gasteiger partial charge is 0.447 e. The molecule has 0 aliphatic carbocycles. The maximum absolute atomic E-state index is 11.2. The summed E-state index contributed by atoms with van der Waals surface area (Å²) in [5, 5.41) is 2.52. The van der Waals surface area contributed by atoms with Gasteiger partial charge in [0.05, 0.1) is 6.61 Å². The summed E-state index contributed by atoms with van der Waals surface area (Å²) in [5.41, 5.74) is 2.51. The second kappa shape index (κ2) is 15.1. The molecule has 7 nitrogen and oxygen atoms in total. The summed E-state index contributed by atoms with van der Waals surface area (Å²) in [7, 11) is 1.37. The maximum atomic E-state index is 11.2. The zero-order valence-corrected chi connectivity index (χ0v) is 14.2. The third kappa shape index (κ3) is 14.9.